The molecule has 0 bridgehead atoms. The maximum atomic E-state index is 12.6. The summed E-state index contributed by atoms with van der Waals surface area (Å²) < 4.78 is 42.3. The third-order valence-corrected chi connectivity index (χ3v) is 3.04. The lowest BCUT2D eigenvalue weighted by Gasteiger charge is -2.09. The highest BCUT2D eigenvalue weighted by Gasteiger charge is 2.30. The number of nitrogens with two attached hydrogens (primary N) is 1. The normalized spacial score (nSPS) is 13.4. The molecule has 0 saturated heterocycles. The minimum absolute atomic E-state index is 0.192. The molecular formula is C13H13F3N2O2. The van der Waals surface area contributed by atoms with Gasteiger partial charge < -0.3 is 15.5 Å². The van der Waals surface area contributed by atoms with Gasteiger partial charge in [0.1, 0.15) is 6.04 Å². The second-order valence-corrected chi connectivity index (χ2v) is 4.41. The lowest BCUT2D eigenvalue weighted by Crippen LogP contribution is -2.33. The topological polar surface area (TPSA) is 68.1 Å². The molecular weight excluding hydrogens is 273 g/mol. The number of hydrogen-bond donors (Lipinski definition) is 2. The second kappa shape index (κ2) is 5.16. The molecule has 0 radical (unpaired) electrons. The van der Waals surface area contributed by atoms with Crippen molar-refractivity contribution in [3.8, 4) is 0 Å². The van der Waals surface area contributed by atoms with Crippen molar-refractivity contribution in [3.05, 3.63) is 35.5 Å². The minimum atomic E-state index is -4.39. The number of carbonyl (C=O) groups excluding carboxylic acids is 1. The third-order valence-electron chi connectivity index (χ3n) is 3.04. The lowest BCUT2D eigenvalue weighted by atomic mass is 10.0. The van der Waals surface area contributed by atoms with Gasteiger partial charge in [-0.1, -0.05) is 6.07 Å². The number of esters is 1. The summed E-state index contributed by atoms with van der Waals surface area (Å²) in [5.74, 6) is -0.564. The predicted molar refractivity (Wildman–Crippen MR) is 67.0 cm³/mol. The van der Waals surface area contributed by atoms with Gasteiger partial charge in [0, 0.05) is 23.5 Å². The number of benzene rings is 1. The van der Waals surface area contributed by atoms with Gasteiger partial charge in [-0.05, 0) is 17.7 Å². The van der Waals surface area contributed by atoms with Crippen molar-refractivity contribution in [1.82, 2.24) is 4.98 Å². The van der Waals surface area contributed by atoms with E-state index in [2.05, 4.69) is 9.72 Å². The first-order chi connectivity index (χ1) is 9.32. The zero-order chi connectivity index (χ0) is 14.9. The van der Waals surface area contributed by atoms with Crippen molar-refractivity contribution >= 4 is 16.9 Å². The van der Waals surface area contributed by atoms with Crippen molar-refractivity contribution in [2.45, 2.75) is 18.6 Å². The van der Waals surface area contributed by atoms with E-state index in [1.807, 2.05) is 0 Å². The summed E-state index contributed by atoms with van der Waals surface area (Å²) in [6, 6.07) is 2.56. The molecule has 2 aromatic rings. The highest BCUT2D eigenvalue weighted by Crippen LogP contribution is 2.32. The van der Waals surface area contributed by atoms with Gasteiger partial charge in [0.15, 0.2) is 0 Å². The van der Waals surface area contributed by atoms with Crippen molar-refractivity contribution < 1.29 is 22.7 Å². The Kier molecular flexibility index (Phi) is 3.71. The number of nitrogens with one attached hydrogen (secondary N) is 1. The molecule has 3 N–H and O–H groups in total. The Labute approximate surface area is 112 Å². The molecule has 0 aliphatic carbocycles. The first kappa shape index (κ1) is 14.4. The Morgan fingerprint density at radius 1 is 1.45 bits per heavy atom. The maximum Gasteiger partial charge on any atom is 0.416 e. The minimum Gasteiger partial charge on any atom is -0.468 e. The first-order valence-corrected chi connectivity index (χ1v) is 5.83. The molecule has 1 atom stereocenters. The monoisotopic (exact) mass is 286 g/mol. The average Bonchev–Trinajstić information content (AvgIpc) is 2.79. The molecule has 1 heterocycles. The summed E-state index contributed by atoms with van der Waals surface area (Å²) >= 11 is 0. The van der Waals surface area contributed by atoms with Crippen LogP contribution < -0.4 is 5.73 Å². The molecule has 4 nitrogen and oxygen atoms in total. The smallest absolute Gasteiger partial charge is 0.416 e. The van der Waals surface area contributed by atoms with E-state index in [0.717, 1.165) is 12.1 Å². The van der Waals surface area contributed by atoms with Crippen LogP contribution in [0.25, 0.3) is 10.9 Å². The number of rotatable bonds is 3. The van der Waals surface area contributed by atoms with Gasteiger partial charge in [0.2, 0.25) is 0 Å². The van der Waals surface area contributed by atoms with Crippen LogP contribution in [0.5, 0.6) is 0 Å². The SMILES string of the molecule is COC(=O)[C@@H](N)Cc1c[nH]c2cc(C(F)(F)F)ccc12. The summed E-state index contributed by atoms with van der Waals surface area (Å²) in [6.45, 7) is 0. The fourth-order valence-corrected chi connectivity index (χ4v) is 2.00. The van der Waals surface area contributed by atoms with Gasteiger partial charge in [0.25, 0.3) is 0 Å². The van der Waals surface area contributed by atoms with E-state index in [4.69, 9.17) is 5.73 Å². The van der Waals surface area contributed by atoms with Gasteiger partial charge in [-0.25, -0.2) is 0 Å². The molecule has 1 aromatic carbocycles. The zero-order valence-corrected chi connectivity index (χ0v) is 10.6. The number of methoxy groups -OCH3 is 1. The predicted octanol–water partition coefficient (Wildman–Crippen LogP) is 2.23. The third kappa shape index (κ3) is 2.77. The van der Waals surface area contributed by atoms with Crippen LogP contribution in [0.3, 0.4) is 0 Å². The molecule has 0 saturated carbocycles. The maximum absolute atomic E-state index is 12.6. The Morgan fingerprint density at radius 3 is 2.75 bits per heavy atom. The summed E-state index contributed by atoms with van der Waals surface area (Å²) in [5, 5.41) is 0.609. The Morgan fingerprint density at radius 2 is 2.15 bits per heavy atom. The van der Waals surface area contributed by atoms with E-state index in [1.165, 1.54) is 13.2 Å². The number of aromatic amines is 1. The molecule has 0 unspecified atom stereocenters. The first-order valence-electron chi connectivity index (χ1n) is 5.83. The molecule has 20 heavy (non-hydrogen) atoms. The van der Waals surface area contributed by atoms with Gasteiger partial charge in [-0.2, -0.15) is 13.2 Å². The van der Waals surface area contributed by atoms with Crippen LogP contribution in [-0.4, -0.2) is 24.1 Å². The molecule has 1 aromatic heterocycles. The molecule has 108 valence electrons. The van der Waals surface area contributed by atoms with Crippen molar-refractivity contribution in [2.24, 2.45) is 5.73 Å². The van der Waals surface area contributed by atoms with Crippen molar-refractivity contribution in [3.63, 3.8) is 0 Å². The fourth-order valence-electron chi connectivity index (χ4n) is 2.00. The van der Waals surface area contributed by atoms with Crippen LogP contribution in [0, 0.1) is 0 Å². The van der Waals surface area contributed by atoms with E-state index >= 15 is 0 Å². The molecule has 0 aliphatic heterocycles. The van der Waals surface area contributed by atoms with Crippen molar-refractivity contribution in [1.29, 1.82) is 0 Å². The van der Waals surface area contributed by atoms with Crippen LogP contribution in [-0.2, 0) is 22.1 Å². The van der Waals surface area contributed by atoms with E-state index < -0.39 is 23.8 Å². The summed E-state index contributed by atoms with van der Waals surface area (Å²) in [7, 11) is 1.23. The number of hydrogen-bond acceptors (Lipinski definition) is 3. The number of alkyl halides is 3. The highest BCUT2D eigenvalue weighted by atomic mass is 19.4. The van der Waals surface area contributed by atoms with E-state index in [1.54, 1.807) is 6.20 Å². The van der Waals surface area contributed by atoms with Gasteiger partial charge in [-0.3, -0.25) is 4.79 Å². The number of ether oxygens (including phenoxy) is 1. The fraction of sp³-hybridized carbons (Fsp3) is 0.308. The standard InChI is InChI=1S/C13H13F3N2O2/c1-20-12(19)10(17)4-7-6-18-11-5-8(13(14,15)16)2-3-9(7)11/h2-3,5-6,10,18H,4,17H2,1H3/t10-/m0/s1. The quantitative estimate of drug-likeness (QED) is 0.850. The number of H-pyrrole nitrogens is 1. The van der Waals surface area contributed by atoms with Crippen LogP contribution in [0.1, 0.15) is 11.1 Å². The average molecular weight is 286 g/mol. The second-order valence-electron chi connectivity index (χ2n) is 4.41. The van der Waals surface area contributed by atoms with Crippen LogP contribution in [0.4, 0.5) is 13.2 Å². The summed E-state index contributed by atoms with van der Waals surface area (Å²) in [6.07, 6.45) is -2.65. The molecule has 2 rings (SSSR count). The summed E-state index contributed by atoms with van der Waals surface area (Å²) in [4.78, 5) is 14.0. The van der Waals surface area contributed by atoms with Crippen molar-refractivity contribution in [2.75, 3.05) is 7.11 Å². The highest BCUT2D eigenvalue weighted by molar-refractivity contribution is 5.85. The number of fused-ring (bicyclic) bond motifs is 1. The zero-order valence-electron chi connectivity index (χ0n) is 10.6. The largest absolute Gasteiger partial charge is 0.468 e. The number of carbonyl (C=O) groups is 1. The lowest BCUT2D eigenvalue weighted by molar-refractivity contribution is -0.142. The van der Waals surface area contributed by atoms with Gasteiger partial charge in [-0.15, -0.1) is 0 Å². The van der Waals surface area contributed by atoms with E-state index in [0.29, 0.717) is 16.5 Å². The van der Waals surface area contributed by atoms with Crippen LogP contribution in [0.15, 0.2) is 24.4 Å². The Hall–Kier alpha value is -2.02. The van der Waals surface area contributed by atoms with Gasteiger partial charge in [0.05, 0.1) is 12.7 Å². The molecule has 7 heteroatoms. The Bertz CT molecular complexity index is 634. The molecule has 0 aliphatic rings. The van der Waals surface area contributed by atoms with E-state index in [9.17, 15) is 18.0 Å². The van der Waals surface area contributed by atoms with E-state index in [-0.39, 0.29) is 6.42 Å². The number of halogens is 3. The van der Waals surface area contributed by atoms with Crippen LogP contribution >= 0.6 is 0 Å². The molecule has 0 fully saturated rings. The van der Waals surface area contributed by atoms with Crippen LogP contribution in [0.2, 0.25) is 0 Å². The Balaban J connectivity index is 2.32. The van der Waals surface area contributed by atoms with Gasteiger partial charge >= 0.3 is 12.1 Å². The number of aromatic nitrogens is 1. The molecule has 0 spiro atoms. The molecule has 0 amide bonds. The summed E-state index contributed by atoms with van der Waals surface area (Å²) in [5.41, 5.74) is 5.94.